The van der Waals surface area contributed by atoms with Crippen LogP contribution < -0.4 is 0 Å². The monoisotopic (exact) mass is 346 g/mol. The van der Waals surface area contributed by atoms with Crippen LogP contribution in [0.15, 0.2) is 21.2 Å². The Labute approximate surface area is 126 Å². The van der Waals surface area contributed by atoms with Gasteiger partial charge in [0.15, 0.2) is 10.4 Å². The van der Waals surface area contributed by atoms with Gasteiger partial charge in [0, 0.05) is 32.7 Å². The minimum absolute atomic E-state index is 0.0588. The molecule has 1 aliphatic rings. The molecule has 0 aromatic carbocycles. The Morgan fingerprint density at radius 3 is 2.70 bits per heavy atom. The van der Waals surface area contributed by atoms with Gasteiger partial charge >= 0.3 is 0 Å². The SMILES string of the molecule is O=C(c1ccc(Br)o1)N(CCO)CCN1CCOCC1. The molecule has 1 N–H and O–H groups in total. The smallest absolute Gasteiger partial charge is 0.289 e. The van der Waals surface area contributed by atoms with Crippen LogP contribution in [-0.4, -0.2) is 73.4 Å². The van der Waals surface area contributed by atoms with Crippen molar-refractivity contribution >= 4 is 21.8 Å². The van der Waals surface area contributed by atoms with Crippen molar-refractivity contribution in [3.8, 4) is 0 Å². The van der Waals surface area contributed by atoms with E-state index in [4.69, 9.17) is 14.3 Å². The number of hydrogen-bond donors (Lipinski definition) is 1. The number of amides is 1. The number of ether oxygens (including phenoxy) is 1. The van der Waals surface area contributed by atoms with Crippen molar-refractivity contribution in [1.29, 1.82) is 0 Å². The summed E-state index contributed by atoms with van der Waals surface area (Å²) in [5.41, 5.74) is 0. The Morgan fingerprint density at radius 1 is 1.35 bits per heavy atom. The van der Waals surface area contributed by atoms with E-state index in [9.17, 15) is 4.79 Å². The summed E-state index contributed by atoms with van der Waals surface area (Å²) in [7, 11) is 0. The number of halogens is 1. The summed E-state index contributed by atoms with van der Waals surface area (Å²) in [5.74, 6) is 0.0883. The van der Waals surface area contributed by atoms with E-state index in [1.807, 2.05) is 0 Å². The number of morpholine rings is 1. The van der Waals surface area contributed by atoms with Crippen molar-refractivity contribution in [2.45, 2.75) is 0 Å². The highest BCUT2D eigenvalue weighted by molar-refractivity contribution is 9.10. The molecule has 20 heavy (non-hydrogen) atoms. The van der Waals surface area contributed by atoms with Gasteiger partial charge in [0.2, 0.25) is 0 Å². The molecule has 1 fully saturated rings. The molecule has 0 unspecified atom stereocenters. The molecule has 6 nitrogen and oxygen atoms in total. The lowest BCUT2D eigenvalue weighted by molar-refractivity contribution is 0.0310. The van der Waals surface area contributed by atoms with Crippen LogP contribution in [0.2, 0.25) is 0 Å². The lowest BCUT2D eigenvalue weighted by Crippen LogP contribution is -2.43. The Morgan fingerprint density at radius 2 is 2.10 bits per heavy atom. The summed E-state index contributed by atoms with van der Waals surface area (Å²) < 4.78 is 11.1. The van der Waals surface area contributed by atoms with E-state index in [-0.39, 0.29) is 18.3 Å². The third-order valence-electron chi connectivity index (χ3n) is 3.23. The second kappa shape index (κ2) is 7.78. The Bertz CT molecular complexity index is 432. The van der Waals surface area contributed by atoms with E-state index in [1.165, 1.54) is 0 Å². The first-order valence-electron chi connectivity index (χ1n) is 6.66. The second-order valence-corrected chi connectivity index (χ2v) is 5.36. The van der Waals surface area contributed by atoms with E-state index in [2.05, 4.69) is 20.8 Å². The van der Waals surface area contributed by atoms with Gasteiger partial charge in [-0.15, -0.1) is 0 Å². The number of aliphatic hydroxyl groups excluding tert-OH is 1. The molecule has 0 aliphatic carbocycles. The van der Waals surface area contributed by atoms with E-state index >= 15 is 0 Å². The van der Waals surface area contributed by atoms with Gasteiger partial charge in [-0.25, -0.2) is 0 Å². The predicted octanol–water partition coefficient (Wildman–Crippen LogP) is 0.809. The highest BCUT2D eigenvalue weighted by Gasteiger charge is 2.20. The summed E-state index contributed by atoms with van der Waals surface area (Å²) in [5, 5.41) is 9.11. The molecule has 1 saturated heterocycles. The van der Waals surface area contributed by atoms with Crippen LogP contribution in [0, 0.1) is 0 Å². The predicted molar refractivity (Wildman–Crippen MR) is 76.7 cm³/mol. The topological polar surface area (TPSA) is 66.2 Å². The molecule has 1 amide bonds. The van der Waals surface area contributed by atoms with Crippen LogP contribution in [0.1, 0.15) is 10.6 Å². The van der Waals surface area contributed by atoms with Crippen molar-refractivity contribution in [3.05, 3.63) is 22.6 Å². The first-order valence-corrected chi connectivity index (χ1v) is 7.45. The molecule has 2 heterocycles. The van der Waals surface area contributed by atoms with Crippen LogP contribution in [-0.2, 0) is 4.74 Å². The molecule has 2 rings (SSSR count). The molecule has 0 bridgehead atoms. The van der Waals surface area contributed by atoms with Crippen LogP contribution in [0.4, 0.5) is 0 Å². The number of furan rings is 1. The summed E-state index contributed by atoms with van der Waals surface area (Å²) in [6.07, 6.45) is 0. The first-order chi connectivity index (χ1) is 9.70. The average Bonchev–Trinajstić information content (AvgIpc) is 2.90. The largest absolute Gasteiger partial charge is 0.444 e. The molecule has 1 aromatic rings. The third kappa shape index (κ3) is 4.31. The van der Waals surface area contributed by atoms with E-state index in [1.54, 1.807) is 17.0 Å². The molecule has 1 aliphatic heterocycles. The molecule has 0 saturated carbocycles. The summed E-state index contributed by atoms with van der Waals surface area (Å²) in [6.45, 7) is 4.83. The van der Waals surface area contributed by atoms with Gasteiger partial charge in [0.25, 0.3) is 5.91 Å². The van der Waals surface area contributed by atoms with Gasteiger partial charge in [-0.05, 0) is 28.1 Å². The minimum Gasteiger partial charge on any atom is -0.444 e. The minimum atomic E-state index is -0.196. The van der Waals surface area contributed by atoms with E-state index < -0.39 is 0 Å². The van der Waals surface area contributed by atoms with Crippen molar-refractivity contribution in [2.24, 2.45) is 0 Å². The lowest BCUT2D eigenvalue weighted by atomic mass is 10.3. The van der Waals surface area contributed by atoms with Gasteiger partial charge in [0.1, 0.15) is 0 Å². The van der Waals surface area contributed by atoms with Crippen LogP contribution in [0.5, 0.6) is 0 Å². The molecule has 0 spiro atoms. The van der Waals surface area contributed by atoms with E-state index in [0.29, 0.717) is 17.8 Å². The number of aliphatic hydroxyl groups is 1. The molecule has 1 aromatic heterocycles. The fraction of sp³-hybridized carbons (Fsp3) is 0.615. The maximum atomic E-state index is 12.3. The molecule has 0 radical (unpaired) electrons. The fourth-order valence-electron chi connectivity index (χ4n) is 2.11. The zero-order chi connectivity index (χ0) is 14.4. The third-order valence-corrected chi connectivity index (χ3v) is 3.66. The molecule has 112 valence electrons. The highest BCUT2D eigenvalue weighted by Crippen LogP contribution is 2.15. The van der Waals surface area contributed by atoms with Crippen LogP contribution in [0.3, 0.4) is 0 Å². The summed E-state index contributed by atoms with van der Waals surface area (Å²) in [4.78, 5) is 16.1. The number of nitrogens with zero attached hydrogens (tertiary/aromatic N) is 2. The van der Waals surface area contributed by atoms with Gasteiger partial charge in [0.05, 0.1) is 19.8 Å². The summed E-state index contributed by atoms with van der Waals surface area (Å²) >= 11 is 3.18. The number of carbonyl (C=O) groups is 1. The quantitative estimate of drug-likeness (QED) is 0.825. The first kappa shape index (κ1) is 15.5. The normalized spacial score (nSPS) is 16.3. The van der Waals surface area contributed by atoms with Crippen molar-refractivity contribution in [3.63, 3.8) is 0 Å². The maximum Gasteiger partial charge on any atom is 0.289 e. The fourth-order valence-corrected chi connectivity index (χ4v) is 2.41. The Hall–Kier alpha value is -0.890. The van der Waals surface area contributed by atoms with Crippen molar-refractivity contribution < 1.29 is 19.1 Å². The molecular weight excluding hydrogens is 328 g/mol. The molecule has 7 heteroatoms. The van der Waals surface area contributed by atoms with Gasteiger partial charge in [-0.1, -0.05) is 0 Å². The second-order valence-electron chi connectivity index (χ2n) is 4.57. The van der Waals surface area contributed by atoms with Gasteiger partial charge in [-0.3, -0.25) is 9.69 Å². The van der Waals surface area contributed by atoms with Gasteiger partial charge in [-0.2, -0.15) is 0 Å². The summed E-state index contributed by atoms with van der Waals surface area (Å²) in [6, 6.07) is 3.32. The highest BCUT2D eigenvalue weighted by atomic mass is 79.9. The maximum absolute atomic E-state index is 12.3. The zero-order valence-electron chi connectivity index (χ0n) is 11.3. The Balaban J connectivity index is 1.90. The van der Waals surface area contributed by atoms with Crippen molar-refractivity contribution in [2.75, 3.05) is 52.5 Å². The van der Waals surface area contributed by atoms with Crippen LogP contribution in [0.25, 0.3) is 0 Å². The van der Waals surface area contributed by atoms with Crippen LogP contribution >= 0.6 is 15.9 Å². The lowest BCUT2D eigenvalue weighted by Gasteiger charge is -2.29. The number of rotatable bonds is 6. The van der Waals surface area contributed by atoms with Gasteiger partial charge < -0.3 is 19.2 Å². The standard InChI is InChI=1S/C13H19BrN2O4/c14-12-2-1-11(20-12)13(18)16(5-8-17)4-3-15-6-9-19-10-7-15/h1-2,17H,3-10H2. The van der Waals surface area contributed by atoms with Crippen molar-refractivity contribution in [1.82, 2.24) is 9.80 Å². The van der Waals surface area contributed by atoms with E-state index in [0.717, 1.165) is 32.8 Å². The Kier molecular flexibility index (Phi) is 6.03. The molecular formula is C13H19BrN2O4. The zero-order valence-corrected chi connectivity index (χ0v) is 12.8. The number of carbonyl (C=O) groups excluding carboxylic acids is 1. The average molecular weight is 347 g/mol. The molecule has 0 atom stereocenters. The number of hydrogen-bond acceptors (Lipinski definition) is 5.